The fourth-order valence-electron chi connectivity index (χ4n) is 1.32. The predicted octanol–water partition coefficient (Wildman–Crippen LogP) is 1.71. The fourth-order valence-corrected chi connectivity index (χ4v) is 1.32. The number of carbonyl (C=O) groups is 2. The van der Waals surface area contributed by atoms with Crippen LogP contribution in [0.5, 0.6) is 0 Å². The average Bonchev–Trinajstić information content (AvgIpc) is 2.24. The molecule has 0 saturated carbocycles. The number of rotatable bonds is 3. The molecule has 0 fully saturated rings. The highest BCUT2D eigenvalue weighted by Crippen LogP contribution is 2.11. The number of hydrogen-bond donors (Lipinski definition) is 2. The molecule has 0 aromatic carbocycles. The van der Waals surface area contributed by atoms with E-state index >= 15 is 0 Å². The summed E-state index contributed by atoms with van der Waals surface area (Å²) >= 11 is 0. The first-order valence-electron chi connectivity index (χ1n) is 5.47. The van der Waals surface area contributed by atoms with Gasteiger partial charge in [-0.3, -0.25) is 9.78 Å². The predicted molar refractivity (Wildman–Crippen MR) is 68.1 cm³/mol. The summed E-state index contributed by atoms with van der Waals surface area (Å²) in [6, 6.07) is 1.56. The van der Waals surface area contributed by atoms with Crippen LogP contribution in [0.15, 0.2) is 24.5 Å². The van der Waals surface area contributed by atoms with E-state index in [1.54, 1.807) is 6.07 Å². The Bertz CT molecular complexity index is 487. The van der Waals surface area contributed by atoms with Gasteiger partial charge in [0.15, 0.2) is 0 Å². The van der Waals surface area contributed by atoms with Gasteiger partial charge >= 0.3 is 5.97 Å². The summed E-state index contributed by atoms with van der Waals surface area (Å²) in [5, 5.41) is 11.4. The zero-order valence-electron chi connectivity index (χ0n) is 10.6. The van der Waals surface area contributed by atoms with Gasteiger partial charge in [0.2, 0.25) is 0 Å². The van der Waals surface area contributed by atoms with Gasteiger partial charge in [0, 0.05) is 35.1 Å². The second-order valence-electron chi connectivity index (χ2n) is 4.84. The number of carboxylic acids is 1. The number of hydrogen-bond acceptors (Lipinski definition) is 3. The molecule has 5 nitrogen and oxygen atoms in total. The zero-order chi connectivity index (χ0) is 13.8. The number of aliphatic carboxylic acids is 1. The van der Waals surface area contributed by atoms with Crippen LogP contribution in [0.25, 0.3) is 6.08 Å². The van der Waals surface area contributed by atoms with Crippen LogP contribution in [0, 0.1) is 0 Å². The van der Waals surface area contributed by atoms with Crippen molar-refractivity contribution in [2.75, 3.05) is 0 Å². The molecule has 1 heterocycles. The number of carbonyl (C=O) groups excluding carboxylic acids is 1. The third-order valence-electron chi connectivity index (χ3n) is 1.99. The molecule has 5 heteroatoms. The molecule has 2 N–H and O–H groups in total. The highest BCUT2D eigenvalue weighted by atomic mass is 16.4. The van der Waals surface area contributed by atoms with Crippen LogP contribution in [0.1, 0.15) is 36.7 Å². The first-order chi connectivity index (χ1) is 8.29. The van der Waals surface area contributed by atoms with E-state index in [2.05, 4.69) is 10.3 Å². The number of nitrogens with one attached hydrogen (secondary N) is 1. The minimum Gasteiger partial charge on any atom is -0.478 e. The van der Waals surface area contributed by atoms with Crippen molar-refractivity contribution in [1.82, 2.24) is 10.3 Å². The summed E-state index contributed by atoms with van der Waals surface area (Å²) in [6.07, 6.45) is 5.28. The van der Waals surface area contributed by atoms with Crippen LogP contribution in [0.3, 0.4) is 0 Å². The quantitative estimate of drug-likeness (QED) is 0.798. The molecule has 1 aromatic heterocycles. The van der Waals surface area contributed by atoms with Crippen LogP contribution >= 0.6 is 0 Å². The van der Waals surface area contributed by atoms with E-state index in [4.69, 9.17) is 5.11 Å². The monoisotopic (exact) mass is 248 g/mol. The minimum atomic E-state index is -1.07. The summed E-state index contributed by atoms with van der Waals surface area (Å²) in [7, 11) is 0. The van der Waals surface area contributed by atoms with E-state index in [-0.39, 0.29) is 11.4 Å². The first kappa shape index (κ1) is 13.9. The largest absolute Gasteiger partial charge is 0.478 e. The third-order valence-corrected chi connectivity index (χ3v) is 1.99. The Morgan fingerprint density at radius 2 is 2.06 bits per heavy atom. The summed E-state index contributed by atoms with van der Waals surface area (Å²) < 4.78 is 0. The number of pyridine rings is 1. The maximum Gasteiger partial charge on any atom is 0.328 e. The number of amides is 1. The van der Waals surface area contributed by atoms with Gasteiger partial charge in [0.25, 0.3) is 5.91 Å². The maximum absolute atomic E-state index is 12.0. The van der Waals surface area contributed by atoms with Gasteiger partial charge in [-0.25, -0.2) is 4.79 Å². The lowest BCUT2D eigenvalue weighted by atomic mass is 10.1. The SMILES string of the molecule is CC(C)(C)NC(=O)c1ccncc1C=CC(=O)O. The lowest BCUT2D eigenvalue weighted by molar-refractivity contribution is -0.131. The molecule has 0 aliphatic rings. The van der Waals surface area contributed by atoms with E-state index in [1.807, 2.05) is 20.8 Å². The highest BCUT2D eigenvalue weighted by molar-refractivity contribution is 5.99. The van der Waals surface area contributed by atoms with Crippen molar-refractivity contribution >= 4 is 18.0 Å². The summed E-state index contributed by atoms with van der Waals surface area (Å²) in [5.41, 5.74) is 0.521. The van der Waals surface area contributed by atoms with Gasteiger partial charge in [-0.05, 0) is 32.9 Å². The normalized spacial score (nSPS) is 11.5. The molecule has 0 radical (unpaired) electrons. The van der Waals surface area contributed by atoms with Crippen molar-refractivity contribution in [2.24, 2.45) is 0 Å². The van der Waals surface area contributed by atoms with E-state index in [0.29, 0.717) is 11.1 Å². The first-order valence-corrected chi connectivity index (χ1v) is 5.47. The van der Waals surface area contributed by atoms with E-state index < -0.39 is 5.97 Å². The zero-order valence-corrected chi connectivity index (χ0v) is 10.6. The smallest absolute Gasteiger partial charge is 0.328 e. The topological polar surface area (TPSA) is 79.3 Å². The van der Waals surface area contributed by atoms with Crippen LogP contribution in [0.4, 0.5) is 0 Å². The van der Waals surface area contributed by atoms with Crippen molar-refractivity contribution in [3.8, 4) is 0 Å². The Balaban J connectivity index is 3.02. The third kappa shape index (κ3) is 4.37. The van der Waals surface area contributed by atoms with Crippen molar-refractivity contribution in [3.63, 3.8) is 0 Å². The summed E-state index contributed by atoms with van der Waals surface area (Å²) in [6.45, 7) is 5.62. The summed E-state index contributed by atoms with van der Waals surface area (Å²) in [4.78, 5) is 26.4. The molecule has 0 atom stereocenters. The molecule has 0 saturated heterocycles. The van der Waals surface area contributed by atoms with E-state index in [9.17, 15) is 9.59 Å². The standard InChI is InChI=1S/C13H16N2O3/c1-13(2,3)15-12(18)10-6-7-14-8-9(10)4-5-11(16)17/h4-8H,1-3H3,(H,15,18)(H,16,17). The Morgan fingerprint density at radius 3 is 2.61 bits per heavy atom. The van der Waals surface area contributed by atoms with Crippen LogP contribution in [0.2, 0.25) is 0 Å². The average molecular weight is 248 g/mol. The van der Waals surface area contributed by atoms with Gasteiger partial charge in [-0.1, -0.05) is 0 Å². The molecular formula is C13H16N2O3. The van der Waals surface area contributed by atoms with Gasteiger partial charge < -0.3 is 10.4 Å². The Labute approximate surface area is 106 Å². The molecule has 0 aliphatic heterocycles. The fraction of sp³-hybridized carbons (Fsp3) is 0.308. The minimum absolute atomic E-state index is 0.255. The van der Waals surface area contributed by atoms with Crippen molar-refractivity contribution < 1.29 is 14.7 Å². The molecule has 1 rings (SSSR count). The molecule has 1 aromatic rings. The maximum atomic E-state index is 12.0. The Kier molecular flexibility index (Phi) is 4.20. The molecule has 1 amide bonds. The number of carboxylic acid groups (broad SMARTS) is 1. The molecule has 18 heavy (non-hydrogen) atoms. The Morgan fingerprint density at radius 1 is 1.39 bits per heavy atom. The molecule has 0 spiro atoms. The number of nitrogens with zero attached hydrogens (tertiary/aromatic N) is 1. The highest BCUT2D eigenvalue weighted by Gasteiger charge is 2.17. The van der Waals surface area contributed by atoms with Crippen LogP contribution < -0.4 is 5.32 Å². The van der Waals surface area contributed by atoms with Gasteiger partial charge in [0.05, 0.1) is 0 Å². The van der Waals surface area contributed by atoms with Crippen molar-refractivity contribution in [2.45, 2.75) is 26.3 Å². The van der Waals surface area contributed by atoms with Crippen LogP contribution in [-0.4, -0.2) is 27.5 Å². The van der Waals surface area contributed by atoms with Gasteiger partial charge in [0.1, 0.15) is 0 Å². The van der Waals surface area contributed by atoms with Crippen molar-refractivity contribution in [1.29, 1.82) is 0 Å². The summed E-state index contributed by atoms with van der Waals surface area (Å²) in [5.74, 6) is -1.32. The van der Waals surface area contributed by atoms with Gasteiger partial charge in [-0.15, -0.1) is 0 Å². The molecule has 96 valence electrons. The van der Waals surface area contributed by atoms with Crippen molar-refractivity contribution in [3.05, 3.63) is 35.7 Å². The molecule has 0 aliphatic carbocycles. The van der Waals surface area contributed by atoms with Crippen LogP contribution in [-0.2, 0) is 4.79 Å². The lowest BCUT2D eigenvalue weighted by Crippen LogP contribution is -2.40. The molecular weight excluding hydrogens is 232 g/mol. The van der Waals surface area contributed by atoms with E-state index in [1.165, 1.54) is 18.5 Å². The molecule has 0 unspecified atom stereocenters. The second-order valence-corrected chi connectivity index (χ2v) is 4.84. The Hall–Kier alpha value is -2.17. The molecule has 0 bridgehead atoms. The second kappa shape index (κ2) is 5.44. The lowest BCUT2D eigenvalue weighted by Gasteiger charge is -2.21. The number of aromatic nitrogens is 1. The van der Waals surface area contributed by atoms with E-state index in [0.717, 1.165) is 6.08 Å². The van der Waals surface area contributed by atoms with Gasteiger partial charge in [-0.2, -0.15) is 0 Å².